The molecule has 0 aromatic heterocycles. The molecule has 0 aliphatic heterocycles. The highest BCUT2D eigenvalue weighted by Gasteiger charge is 2.31. The maximum Gasteiger partial charge on any atom is 0.416 e. The Morgan fingerprint density at radius 1 is 0.706 bits per heavy atom. The number of anilines is 1. The highest BCUT2D eigenvalue weighted by molar-refractivity contribution is 6.34. The predicted octanol–water partition coefficient (Wildman–Crippen LogP) is 9.58. The molecule has 0 spiro atoms. The highest BCUT2D eigenvalue weighted by atomic mass is 35.5. The van der Waals surface area contributed by atoms with Crippen LogP contribution in [0.15, 0.2) is 78.9 Å². The van der Waals surface area contributed by atoms with Crippen molar-refractivity contribution in [1.29, 1.82) is 0 Å². The fraction of sp³-hybridized carbons (Fsp3) is 0.143. The summed E-state index contributed by atoms with van der Waals surface area (Å²) in [5.41, 5.74) is 6.00. The zero-order valence-electron chi connectivity index (χ0n) is 18.6. The molecular weight excluding hydrogens is 478 g/mol. The molecule has 1 nitrogen and oxygen atoms in total. The molecule has 0 fully saturated rings. The third-order valence-electron chi connectivity index (χ3n) is 5.80. The van der Waals surface area contributed by atoms with Crippen molar-refractivity contribution in [1.82, 2.24) is 0 Å². The van der Waals surface area contributed by atoms with Crippen LogP contribution in [0, 0.1) is 13.8 Å². The number of halogens is 5. The summed E-state index contributed by atoms with van der Waals surface area (Å²) in [6.45, 7) is 4.21. The molecule has 0 bridgehead atoms. The van der Waals surface area contributed by atoms with Crippen LogP contribution in [0.4, 0.5) is 18.9 Å². The molecule has 34 heavy (non-hydrogen) atoms. The largest absolute Gasteiger partial charge is 0.416 e. The second-order valence-corrected chi connectivity index (χ2v) is 9.04. The van der Waals surface area contributed by atoms with Gasteiger partial charge in [0.15, 0.2) is 0 Å². The first-order chi connectivity index (χ1) is 16.1. The second-order valence-electron chi connectivity index (χ2n) is 8.19. The van der Waals surface area contributed by atoms with E-state index in [0.29, 0.717) is 22.2 Å². The fourth-order valence-electron chi connectivity index (χ4n) is 4.00. The van der Waals surface area contributed by atoms with Gasteiger partial charge in [0.2, 0.25) is 0 Å². The van der Waals surface area contributed by atoms with Gasteiger partial charge in [0.1, 0.15) is 0 Å². The monoisotopic (exact) mass is 499 g/mol. The summed E-state index contributed by atoms with van der Waals surface area (Å²) in [6.07, 6.45) is -4.41. The van der Waals surface area contributed by atoms with E-state index in [1.807, 2.05) is 74.5 Å². The molecule has 0 radical (unpaired) electrons. The Kier molecular flexibility index (Phi) is 6.92. The molecule has 0 saturated carbocycles. The van der Waals surface area contributed by atoms with Crippen LogP contribution in [-0.4, -0.2) is 0 Å². The Bertz CT molecular complexity index is 1350. The van der Waals surface area contributed by atoms with Gasteiger partial charge in [0, 0.05) is 22.8 Å². The summed E-state index contributed by atoms with van der Waals surface area (Å²) in [5.74, 6) is 0. The van der Waals surface area contributed by atoms with E-state index in [4.69, 9.17) is 23.2 Å². The van der Waals surface area contributed by atoms with Crippen molar-refractivity contribution in [2.75, 3.05) is 5.32 Å². The fourth-order valence-corrected chi connectivity index (χ4v) is 4.51. The molecule has 6 heteroatoms. The summed E-state index contributed by atoms with van der Waals surface area (Å²) in [7, 11) is 0. The first-order valence-corrected chi connectivity index (χ1v) is 11.4. The van der Waals surface area contributed by atoms with E-state index in [9.17, 15) is 13.2 Å². The zero-order valence-corrected chi connectivity index (χ0v) is 20.1. The van der Waals surface area contributed by atoms with Gasteiger partial charge in [-0.25, -0.2) is 0 Å². The molecular formula is C28H22Cl2F3N. The lowest BCUT2D eigenvalue weighted by Gasteiger charge is -2.17. The number of aryl methyl sites for hydroxylation is 2. The number of hydrogen-bond acceptors (Lipinski definition) is 1. The number of benzene rings is 4. The maximum atomic E-state index is 13.4. The third-order valence-corrected chi connectivity index (χ3v) is 6.35. The summed E-state index contributed by atoms with van der Waals surface area (Å²) >= 11 is 12.6. The predicted molar refractivity (Wildman–Crippen MR) is 136 cm³/mol. The summed E-state index contributed by atoms with van der Waals surface area (Å²) in [5, 5.41) is 4.54. The average Bonchev–Trinajstić information content (AvgIpc) is 2.78. The Morgan fingerprint density at radius 3 is 2.09 bits per heavy atom. The molecule has 0 unspecified atom stereocenters. The minimum absolute atomic E-state index is 0.345. The van der Waals surface area contributed by atoms with E-state index in [2.05, 4.69) is 5.32 Å². The van der Waals surface area contributed by atoms with Gasteiger partial charge >= 0.3 is 6.18 Å². The van der Waals surface area contributed by atoms with Crippen LogP contribution in [-0.2, 0) is 12.7 Å². The van der Waals surface area contributed by atoms with E-state index in [0.717, 1.165) is 45.1 Å². The number of hydrogen-bond donors (Lipinski definition) is 1. The van der Waals surface area contributed by atoms with Crippen molar-refractivity contribution in [2.45, 2.75) is 26.6 Å². The van der Waals surface area contributed by atoms with Gasteiger partial charge in [-0.15, -0.1) is 0 Å². The van der Waals surface area contributed by atoms with Crippen LogP contribution in [0.1, 0.15) is 22.3 Å². The van der Waals surface area contributed by atoms with E-state index in [-0.39, 0.29) is 0 Å². The molecule has 0 aliphatic rings. The molecule has 4 rings (SSSR count). The highest BCUT2D eigenvalue weighted by Crippen LogP contribution is 2.36. The van der Waals surface area contributed by atoms with Crippen LogP contribution < -0.4 is 5.32 Å². The molecule has 4 aromatic carbocycles. The summed E-state index contributed by atoms with van der Waals surface area (Å²) in [4.78, 5) is 0. The van der Waals surface area contributed by atoms with Gasteiger partial charge in [-0.2, -0.15) is 13.2 Å². The van der Waals surface area contributed by atoms with E-state index >= 15 is 0 Å². The topological polar surface area (TPSA) is 12.0 Å². The van der Waals surface area contributed by atoms with Gasteiger partial charge < -0.3 is 5.32 Å². The molecule has 0 saturated heterocycles. The van der Waals surface area contributed by atoms with Gasteiger partial charge in [-0.05, 0) is 83.6 Å². The lowest BCUT2D eigenvalue weighted by molar-refractivity contribution is -0.137. The van der Waals surface area contributed by atoms with E-state index in [1.54, 1.807) is 0 Å². The van der Waals surface area contributed by atoms with Crippen molar-refractivity contribution in [3.8, 4) is 22.3 Å². The van der Waals surface area contributed by atoms with Crippen molar-refractivity contribution in [3.05, 3.63) is 111 Å². The summed E-state index contributed by atoms with van der Waals surface area (Å²) < 4.78 is 40.2. The quantitative estimate of drug-likeness (QED) is 0.288. The molecule has 0 amide bonds. The first kappa shape index (κ1) is 24.2. The Balaban J connectivity index is 1.63. The van der Waals surface area contributed by atoms with E-state index < -0.39 is 11.7 Å². The van der Waals surface area contributed by atoms with E-state index in [1.165, 1.54) is 12.1 Å². The smallest absolute Gasteiger partial charge is 0.381 e. The summed E-state index contributed by atoms with van der Waals surface area (Å²) in [6, 6.07) is 22.6. The van der Waals surface area contributed by atoms with Crippen molar-refractivity contribution >= 4 is 28.9 Å². The standard InChI is InChI=1S/C28H22Cl2F3N/c1-17-5-3-4-6-23(17)26-14-20(28(31,32)33)8-7-19(26)16-34-22-10-12-25(27(30)15-22)24-11-9-21(29)13-18(24)2/h3-15,34H,16H2,1-2H3. The van der Waals surface area contributed by atoms with Gasteiger partial charge in [0.05, 0.1) is 10.6 Å². The Labute approximate surface area is 207 Å². The number of rotatable bonds is 5. The second kappa shape index (κ2) is 9.73. The third kappa shape index (κ3) is 5.24. The minimum atomic E-state index is -4.41. The van der Waals surface area contributed by atoms with Crippen molar-refractivity contribution in [2.24, 2.45) is 0 Å². The van der Waals surface area contributed by atoms with Crippen LogP contribution >= 0.6 is 23.2 Å². The molecule has 0 aliphatic carbocycles. The number of nitrogens with one attached hydrogen (secondary N) is 1. The zero-order chi connectivity index (χ0) is 24.5. The molecule has 1 N–H and O–H groups in total. The minimum Gasteiger partial charge on any atom is -0.381 e. The van der Waals surface area contributed by atoms with Crippen LogP contribution in [0.25, 0.3) is 22.3 Å². The van der Waals surface area contributed by atoms with Crippen LogP contribution in [0.2, 0.25) is 10.0 Å². The average molecular weight is 500 g/mol. The molecule has 0 atom stereocenters. The van der Waals surface area contributed by atoms with Gasteiger partial charge in [-0.1, -0.05) is 65.7 Å². The molecule has 0 heterocycles. The maximum absolute atomic E-state index is 13.4. The number of alkyl halides is 3. The van der Waals surface area contributed by atoms with Crippen LogP contribution in [0.3, 0.4) is 0 Å². The molecule has 174 valence electrons. The lowest BCUT2D eigenvalue weighted by atomic mass is 9.94. The Morgan fingerprint density at radius 2 is 1.41 bits per heavy atom. The SMILES string of the molecule is Cc1cc(Cl)ccc1-c1ccc(NCc2ccc(C(F)(F)F)cc2-c2ccccc2C)cc1Cl. The van der Waals surface area contributed by atoms with Crippen molar-refractivity contribution in [3.63, 3.8) is 0 Å². The van der Waals surface area contributed by atoms with Crippen LogP contribution in [0.5, 0.6) is 0 Å². The van der Waals surface area contributed by atoms with Crippen molar-refractivity contribution < 1.29 is 13.2 Å². The van der Waals surface area contributed by atoms with Gasteiger partial charge in [0.25, 0.3) is 0 Å². The normalized spacial score (nSPS) is 11.5. The Hall–Kier alpha value is -2.95. The lowest BCUT2D eigenvalue weighted by Crippen LogP contribution is -2.08. The van der Waals surface area contributed by atoms with Gasteiger partial charge in [-0.3, -0.25) is 0 Å². The molecule has 4 aromatic rings. The first-order valence-electron chi connectivity index (χ1n) is 10.7.